The fourth-order valence-corrected chi connectivity index (χ4v) is 4.38. The lowest BCUT2D eigenvalue weighted by atomic mass is 9.86. The van der Waals surface area contributed by atoms with Crippen molar-refractivity contribution in [3.8, 4) is 11.5 Å². The van der Waals surface area contributed by atoms with Crippen molar-refractivity contribution in [3.63, 3.8) is 0 Å². The zero-order valence-corrected chi connectivity index (χ0v) is 21.0. The Morgan fingerprint density at radius 3 is 2.00 bits per heavy atom. The highest BCUT2D eigenvalue weighted by Crippen LogP contribution is 2.42. The summed E-state index contributed by atoms with van der Waals surface area (Å²) in [5.41, 5.74) is -1.98. The Morgan fingerprint density at radius 2 is 1.42 bits per heavy atom. The summed E-state index contributed by atoms with van der Waals surface area (Å²) in [5, 5.41) is 0. The molecule has 0 amide bonds. The molecule has 0 radical (unpaired) electrons. The number of ether oxygens (including phenoxy) is 3. The molecule has 2 aromatic carbocycles. The Hall–Kier alpha value is -2.56. The van der Waals surface area contributed by atoms with Crippen LogP contribution in [0.2, 0.25) is 0 Å². The van der Waals surface area contributed by atoms with Crippen LogP contribution in [0.3, 0.4) is 0 Å². The van der Waals surface area contributed by atoms with Gasteiger partial charge in [0.2, 0.25) is 5.82 Å². The van der Waals surface area contributed by atoms with Crippen LogP contribution in [0.25, 0.3) is 0 Å². The van der Waals surface area contributed by atoms with Crippen LogP contribution in [0.4, 0.5) is 35.1 Å². The van der Waals surface area contributed by atoms with E-state index >= 15 is 0 Å². The molecule has 0 aromatic heterocycles. The topological polar surface area (TPSA) is 27.7 Å². The Kier molecular flexibility index (Phi) is 9.54. The van der Waals surface area contributed by atoms with Crippen molar-refractivity contribution >= 4 is 0 Å². The van der Waals surface area contributed by atoms with Crippen LogP contribution in [0.5, 0.6) is 11.5 Å². The summed E-state index contributed by atoms with van der Waals surface area (Å²) in [4.78, 5) is 0. The lowest BCUT2D eigenvalue weighted by molar-refractivity contribution is -0.227. The van der Waals surface area contributed by atoms with Crippen molar-refractivity contribution < 1.29 is 49.3 Å². The minimum absolute atomic E-state index is 0.0229. The van der Waals surface area contributed by atoms with Crippen LogP contribution in [0.15, 0.2) is 36.4 Å². The maximum atomic E-state index is 14.7. The molecule has 2 aromatic rings. The van der Waals surface area contributed by atoms with Gasteiger partial charge in [-0.05, 0) is 75.4 Å². The number of alkyl halides is 6. The van der Waals surface area contributed by atoms with Gasteiger partial charge in [0.05, 0.1) is 12.0 Å². The standard InChI is InChI=1S/C27H30F8O3/c1-3-5-16-25(30,31)17-6-12-20(13-7-17)37-27(34,35)21-14-15-22(24(29)23(21)28)38-26(32,33)18-8-10-19(11-9-18)36-4-2/h6-7,12-15,18-19H,3-5,8-11,16H2,1-2H3. The first-order valence-electron chi connectivity index (χ1n) is 12.5. The van der Waals surface area contributed by atoms with Crippen LogP contribution in [-0.4, -0.2) is 18.8 Å². The molecule has 1 fully saturated rings. The van der Waals surface area contributed by atoms with E-state index in [1.54, 1.807) is 13.8 Å². The van der Waals surface area contributed by atoms with Gasteiger partial charge in [0.25, 0.3) is 5.92 Å². The number of hydrogen-bond acceptors (Lipinski definition) is 3. The number of benzene rings is 2. The molecular weight excluding hydrogens is 524 g/mol. The average molecular weight is 555 g/mol. The minimum atomic E-state index is -4.45. The zero-order chi connectivity index (χ0) is 28.1. The van der Waals surface area contributed by atoms with E-state index in [1.165, 1.54) is 0 Å². The first kappa shape index (κ1) is 30.0. The van der Waals surface area contributed by atoms with Gasteiger partial charge in [0.15, 0.2) is 11.6 Å². The third kappa shape index (κ3) is 7.09. The van der Waals surface area contributed by atoms with E-state index in [0.717, 1.165) is 24.3 Å². The molecule has 0 atom stereocenters. The molecule has 212 valence electrons. The van der Waals surface area contributed by atoms with Crippen molar-refractivity contribution in [1.29, 1.82) is 0 Å². The highest BCUT2D eigenvalue weighted by Gasteiger charge is 2.46. The number of hydrogen-bond donors (Lipinski definition) is 0. The Morgan fingerprint density at radius 1 is 0.789 bits per heavy atom. The fraction of sp³-hybridized carbons (Fsp3) is 0.556. The number of rotatable bonds is 12. The fourth-order valence-electron chi connectivity index (χ4n) is 4.38. The molecule has 0 saturated heterocycles. The van der Waals surface area contributed by atoms with E-state index in [1.807, 2.05) is 0 Å². The van der Waals surface area contributed by atoms with Crippen LogP contribution in [-0.2, 0) is 16.8 Å². The van der Waals surface area contributed by atoms with E-state index in [-0.39, 0.29) is 25.4 Å². The molecule has 0 N–H and O–H groups in total. The summed E-state index contributed by atoms with van der Waals surface area (Å²) in [7, 11) is 0. The normalized spacial score (nSPS) is 18.9. The average Bonchev–Trinajstić information content (AvgIpc) is 2.86. The SMILES string of the molecule is CCCCC(F)(F)c1ccc(OC(F)(F)c2ccc(OC(F)(F)C3CCC(OCC)CC3)c(F)c2F)cc1. The van der Waals surface area contributed by atoms with E-state index in [4.69, 9.17) is 4.74 Å². The molecule has 38 heavy (non-hydrogen) atoms. The highest BCUT2D eigenvalue weighted by atomic mass is 19.3. The Balaban J connectivity index is 1.71. The monoisotopic (exact) mass is 554 g/mol. The van der Waals surface area contributed by atoms with Crippen LogP contribution in [0.1, 0.15) is 69.9 Å². The Bertz CT molecular complexity index is 1050. The van der Waals surface area contributed by atoms with Gasteiger partial charge >= 0.3 is 12.2 Å². The van der Waals surface area contributed by atoms with Gasteiger partial charge in [-0.1, -0.05) is 13.3 Å². The molecule has 1 saturated carbocycles. The molecule has 1 aliphatic rings. The third-order valence-electron chi connectivity index (χ3n) is 6.53. The van der Waals surface area contributed by atoms with Crippen molar-refractivity contribution in [2.24, 2.45) is 5.92 Å². The van der Waals surface area contributed by atoms with Crippen molar-refractivity contribution in [2.75, 3.05) is 6.61 Å². The predicted molar refractivity (Wildman–Crippen MR) is 124 cm³/mol. The molecular formula is C27H30F8O3. The van der Waals surface area contributed by atoms with E-state index in [2.05, 4.69) is 9.47 Å². The summed E-state index contributed by atoms with van der Waals surface area (Å²) >= 11 is 0. The summed E-state index contributed by atoms with van der Waals surface area (Å²) in [6.07, 6.45) is -7.38. The molecule has 11 heteroatoms. The van der Waals surface area contributed by atoms with Gasteiger partial charge in [0.1, 0.15) is 11.3 Å². The maximum Gasteiger partial charge on any atom is 0.429 e. The quantitative estimate of drug-likeness (QED) is 0.245. The Labute approximate surface area is 216 Å². The van der Waals surface area contributed by atoms with Crippen molar-refractivity contribution in [2.45, 2.75) is 83.0 Å². The van der Waals surface area contributed by atoms with E-state index in [9.17, 15) is 35.1 Å². The predicted octanol–water partition coefficient (Wildman–Crippen LogP) is 8.94. The zero-order valence-electron chi connectivity index (χ0n) is 21.0. The van der Waals surface area contributed by atoms with Crippen LogP contribution in [0, 0.1) is 17.6 Å². The van der Waals surface area contributed by atoms with Gasteiger partial charge in [-0.3, -0.25) is 0 Å². The summed E-state index contributed by atoms with van der Waals surface area (Å²) in [6, 6.07) is 4.37. The van der Waals surface area contributed by atoms with Crippen LogP contribution < -0.4 is 9.47 Å². The van der Waals surface area contributed by atoms with Crippen LogP contribution >= 0.6 is 0 Å². The lowest BCUT2D eigenvalue weighted by Gasteiger charge is -2.33. The lowest BCUT2D eigenvalue weighted by Crippen LogP contribution is -2.38. The smallest absolute Gasteiger partial charge is 0.429 e. The van der Waals surface area contributed by atoms with Gasteiger partial charge in [-0.15, -0.1) is 0 Å². The largest absolute Gasteiger partial charge is 0.429 e. The molecule has 0 unspecified atom stereocenters. The van der Waals surface area contributed by atoms with E-state index in [0.29, 0.717) is 38.0 Å². The van der Waals surface area contributed by atoms with Crippen molar-refractivity contribution in [3.05, 3.63) is 59.2 Å². The van der Waals surface area contributed by atoms with Crippen molar-refractivity contribution in [1.82, 2.24) is 0 Å². The second-order valence-corrected chi connectivity index (χ2v) is 9.28. The molecule has 0 aliphatic heterocycles. The maximum absolute atomic E-state index is 14.7. The first-order chi connectivity index (χ1) is 17.8. The van der Waals surface area contributed by atoms with Gasteiger partial charge in [-0.2, -0.15) is 22.0 Å². The third-order valence-corrected chi connectivity index (χ3v) is 6.53. The molecule has 1 aliphatic carbocycles. The molecule has 3 nitrogen and oxygen atoms in total. The van der Waals surface area contributed by atoms with Gasteiger partial charge in [-0.25, -0.2) is 13.2 Å². The summed E-state index contributed by atoms with van der Waals surface area (Å²) < 4.78 is 130. The molecule has 0 bridgehead atoms. The summed E-state index contributed by atoms with van der Waals surface area (Å²) in [6.45, 7) is 3.97. The first-order valence-corrected chi connectivity index (χ1v) is 12.5. The van der Waals surface area contributed by atoms with E-state index < -0.39 is 64.7 Å². The summed E-state index contributed by atoms with van der Waals surface area (Å²) in [5.74, 6) is -10.4. The van der Waals surface area contributed by atoms with Gasteiger partial charge < -0.3 is 14.2 Å². The molecule has 0 heterocycles. The van der Waals surface area contributed by atoms with Gasteiger partial charge in [0, 0.05) is 18.6 Å². The number of unbranched alkanes of at least 4 members (excludes halogenated alkanes) is 1. The number of halogens is 8. The minimum Gasteiger partial charge on any atom is -0.429 e. The molecule has 3 rings (SSSR count). The second kappa shape index (κ2) is 12.1. The highest BCUT2D eigenvalue weighted by molar-refractivity contribution is 5.35. The second-order valence-electron chi connectivity index (χ2n) is 9.28. The molecule has 0 spiro atoms.